The van der Waals surface area contributed by atoms with Gasteiger partial charge in [0.1, 0.15) is 5.39 Å². The molecule has 8 nitrogen and oxygen atoms in total. The van der Waals surface area contributed by atoms with E-state index in [1.54, 1.807) is 15.4 Å². The molecule has 0 spiro atoms. The highest BCUT2D eigenvalue weighted by molar-refractivity contribution is 7.99. The van der Waals surface area contributed by atoms with Gasteiger partial charge in [0.05, 0.1) is 17.9 Å². The molecule has 0 bridgehead atoms. The largest absolute Gasteiger partial charge is 0.368 e. The van der Waals surface area contributed by atoms with Crippen molar-refractivity contribution in [1.82, 2.24) is 24.2 Å². The third-order valence-electron chi connectivity index (χ3n) is 7.17. The Balaban J connectivity index is 1.20. The number of aromatic nitrogens is 4. The second-order valence-electron chi connectivity index (χ2n) is 9.67. The molecule has 6 rings (SSSR count). The Hall–Kier alpha value is -3.30. The van der Waals surface area contributed by atoms with Crippen LogP contribution >= 0.6 is 23.4 Å². The van der Waals surface area contributed by atoms with E-state index in [0.717, 1.165) is 30.0 Å². The number of nitrogens with zero attached hydrogens (tertiary/aromatic N) is 6. The average Bonchev–Trinajstić information content (AvgIpc) is 3.49. The lowest BCUT2D eigenvalue weighted by atomic mass is 10.1. The molecule has 10 heteroatoms. The molecule has 1 unspecified atom stereocenters. The van der Waals surface area contributed by atoms with Gasteiger partial charge in [0.15, 0.2) is 10.8 Å². The van der Waals surface area contributed by atoms with Gasteiger partial charge in [-0.3, -0.25) is 14.2 Å². The van der Waals surface area contributed by atoms with Gasteiger partial charge in [0.2, 0.25) is 5.91 Å². The Morgan fingerprint density at radius 2 is 1.92 bits per heavy atom. The number of piperazine rings is 1. The Labute approximate surface area is 223 Å². The van der Waals surface area contributed by atoms with Gasteiger partial charge in [-0.1, -0.05) is 47.1 Å². The van der Waals surface area contributed by atoms with E-state index in [4.69, 9.17) is 16.6 Å². The maximum Gasteiger partial charge on any atom is 0.265 e. The third-order valence-corrected chi connectivity index (χ3v) is 8.50. The van der Waals surface area contributed by atoms with Crippen molar-refractivity contribution >= 4 is 46.0 Å². The SMILES string of the molecule is Cc1ccc(-n2ncc3c(=O)n4c(nc32)SCC4CC(=O)N2CCN(c3cccc(Cl)c3)CC2)c(C)c1. The molecule has 37 heavy (non-hydrogen) atoms. The van der Waals surface area contributed by atoms with Crippen LogP contribution in [0.4, 0.5) is 5.69 Å². The summed E-state index contributed by atoms with van der Waals surface area (Å²) in [6, 6.07) is 13.7. The molecular formula is C27H27ClN6O2S. The summed E-state index contributed by atoms with van der Waals surface area (Å²) >= 11 is 7.67. The number of amides is 1. The van der Waals surface area contributed by atoms with E-state index >= 15 is 0 Å². The van der Waals surface area contributed by atoms with Crippen molar-refractivity contribution in [3.63, 3.8) is 0 Å². The minimum absolute atomic E-state index is 0.0715. The number of hydrogen-bond acceptors (Lipinski definition) is 6. The van der Waals surface area contributed by atoms with Crippen LogP contribution in [0.15, 0.2) is 58.6 Å². The van der Waals surface area contributed by atoms with Crippen LogP contribution in [-0.4, -0.2) is 62.1 Å². The molecule has 4 heterocycles. The van der Waals surface area contributed by atoms with Crippen molar-refractivity contribution in [2.24, 2.45) is 0 Å². The van der Waals surface area contributed by atoms with E-state index in [1.165, 1.54) is 17.3 Å². The molecule has 1 amide bonds. The van der Waals surface area contributed by atoms with Crippen molar-refractivity contribution in [3.8, 4) is 5.69 Å². The second-order valence-corrected chi connectivity index (χ2v) is 11.1. The first-order valence-electron chi connectivity index (χ1n) is 12.4. The topological polar surface area (TPSA) is 76.3 Å². The number of carbonyl (C=O) groups excluding carboxylic acids is 1. The summed E-state index contributed by atoms with van der Waals surface area (Å²) in [7, 11) is 0. The zero-order valence-corrected chi connectivity index (χ0v) is 22.3. The van der Waals surface area contributed by atoms with Crippen molar-refractivity contribution < 1.29 is 4.79 Å². The first-order valence-corrected chi connectivity index (χ1v) is 13.7. The van der Waals surface area contributed by atoms with Gasteiger partial charge in [-0.25, -0.2) is 9.67 Å². The maximum atomic E-state index is 13.5. The van der Waals surface area contributed by atoms with Crippen LogP contribution in [-0.2, 0) is 4.79 Å². The molecule has 0 saturated carbocycles. The van der Waals surface area contributed by atoms with E-state index < -0.39 is 0 Å². The van der Waals surface area contributed by atoms with E-state index in [-0.39, 0.29) is 23.9 Å². The summed E-state index contributed by atoms with van der Waals surface area (Å²) in [5.41, 5.74) is 4.64. The molecule has 0 N–H and O–H groups in total. The molecule has 1 fully saturated rings. The fourth-order valence-corrected chi connectivity index (χ4v) is 6.53. The van der Waals surface area contributed by atoms with Crippen LogP contribution in [0, 0.1) is 13.8 Å². The summed E-state index contributed by atoms with van der Waals surface area (Å²) in [6.07, 6.45) is 1.88. The summed E-state index contributed by atoms with van der Waals surface area (Å²) in [5.74, 6) is 0.724. The molecule has 2 aliphatic heterocycles. The number of halogens is 1. The number of rotatable bonds is 4. The monoisotopic (exact) mass is 534 g/mol. The highest BCUT2D eigenvalue weighted by atomic mass is 35.5. The van der Waals surface area contributed by atoms with Gasteiger partial charge >= 0.3 is 0 Å². The lowest BCUT2D eigenvalue weighted by Gasteiger charge is -2.36. The number of hydrogen-bond donors (Lipinski definition) is 0. The van der Waals surface area contributed by atoms with Crippen molar-refractivity contribution in [1.29, 1.82) is 0 Å². The Morgan fingerprint density at radius 3 is 2.68 bits per heavy atom. The first-order chi connectivity index (χ1) is 17.9. The predicted molar refractivity (Wildman–Crippen MR) is 147 cm³/mol. The van der Waals surface area contributed by atoms with Gasteiger partial charge < -0.3 is 9.80 Å². The molecule has 2 aliphatic rings. The van der Waals surface area contributed by atoms with Crippen LogP contribution < -0.4 is 10.5 Å². The summed E-state index contributed by atoms with van der Waals surface area (Å²) in [4.78, 5) is 35.7. The maximum absolute atomic E-state index is 13.5. The fraction of sp³-hybridized carbons (Fsp3) is 0.333. The Bertz CT molecular complexity index is 1570. The summed E-state index contributed by atoms with van der Waals surface area (Å²) < 4.78 is 3.44. The number of thioether (sulfide) groups is 1. The molecule has 4 aromatic rings. The highest BCUT2D eigenvalue weighted by Gasteiger charge is 2.32. The van der Waals surface area contributed by atoms with Gasteiger partial charge in [-0.05, 0) is 43.7 Å². The number of carbonyl (C=O) groups is 1. The quantitative estimate of drug-likeness (QED) is 0.365. The second kappa shape index (κ2) is 9.54. The fourth-order valence-electron chi connectivity index (χ4n) is 5.22. The lowest BCUT2D eigenvalue weighted by molar-refractivity contribution is -0.132. The molecule has 190 valence electrons. The Morgan fingerprint density at radius 1 is 1.11 bits per heavy atom. The van der Waals surface area contributed by atoms with Crippen LogP contribution in [0.5, 0.6) is 0 Å². The number of aryl methyl sites for hydroxylation is 2. The zero-order valence-electron chi connectivity index (χ0n) is 20.7. The molecule has 1 atom stereocenters. The van der Waals surface area contributed by atoms with Gasteiger partial charge in [0.25, 0.3) is 5.56 Å². The van der Waals surface area contributed by atoms with Crippen LogP contribution in [0.1, 0.15) is 23.6 Å². The Kier molecular flexibility index (Phi) is 6.20. The van der Waals surface area contributed by atoms with Gasteiger partial charge in [0, 0.05) is 49.1 Å². The van der Waals surface area contributed by atoms with Crippen LogP contribution in [0.2, 0.25) is 5.02 Å². The zero-order chi connectivity index (χ0) is 25.7. The first kappa shape index (κ1) is 24.1. The van der Waals surface area contributed by atoms with Gasteiger partial charge in [-0.15, -0.1) is 0 Å². The minimum Gasteiger partial charge on any atom is -0.368 e. The van der Waals surface area contributed by atoms with E-state index in [2.05, 4.69) is 16.1 Å². The summed E-state index contributed by atoms with van der Waals surface area (Å²) in [6.45, 7) is 6.87. The molecular weight excluding hydrogens is 508 g/mol. The summed E-state index contributed by atoms with van der Waals surface area (Å²) in [5, 5.41) is 6.32. The van der Waals surface area contributed by atoms with Crippen molar-refractivity contribution in [2.45, 2.75) is 31.5 Å². The van der Waals surface area contributed by atoms with E-state index in [9.17, 15) is 9.59 Å². The minimum atomic E-state index is -0.215. The van der Waals surface area contributed by atoms with E-state index in [1.807, 2.05) is 55.1 Å². The molecule has 0 radical (unpaired) electrons. The lowest BCUT2D eigenvalue weighted by Crippen LogP contribution is -2.49. The molecule has 0 aliphatic carbocycles. The van der Waals surface area contributed by atoms with Crippen molar-refractivity contribution in [3.05, 3.63) is 75.2 Å². The van der Waals surface area contributed by atoms with Gasteiger partial charge in [-0.2, -0.15) is 5.10 Å². The van der Waals surface area contributed by atoms with Crippen LogP contribution in [0.25, 0.3) is 16.7 Å². The highest BCUT2D eigenvalue weighted by Crippen LogP contribution is 2.34. The standard InChI is InChI=1S/C27H27ClN6O2S/c1-17-6-7-23(18(2)12-17)34-25-22(15-29-34)26(36)33-21(16-37-27(33)30-25)14-24(35)32-10-8-31(9-11-32)20-5-3-4-19(28)13-20/h3-7,12-13,15,21H,8-11,14,16H2,1-2H3. The normalized spacial score (nSPS) is 17.4. The van der Waals surface area contributed by atoms with E-state index in [0.29, 0.717) is 40.1 Å². The number of anilines is 1. The number of benzene rings is 2. The van der Waals surface area contributed by atoms with Crippen LogP contribution in [0.3, 0.4) is 0 Å². The van der Waals surface area contributed by atoms with Crippen molar-refractivity contribution in [2.75, 3.05) is 36.8 Å². The molecule has 1 saturated heterocycles. The third kappa shape index (κ3) is 4.40. The molecule has 2 aromatic heterocycles. The number of fused-ring (bicyclic) bond motifs is 2. The molecule has 2 aromatic carbocycles. The smallest absolute Gasteiger partial charge is 0.265 e. The predicted octanol–water partition coefficient (Wildman–Crippen LogP) is 4.24. The average molecular weight is 535 g/mol.